The first-order valence-electron chi connectivity index (χ1n) is 4.12. The van der Waals surface area contributed by atoms with Gasteiger partial charge < -0.3 is 20.3 Å². The Morgan fingerprint density at radius 3 is 2.58 bits per heavy atom. The molecular weight excluding hydrogens is 158 g/mol. The van der Waals surface area contributed by atoms with Gasteiger partial charge in [-0.3, -0.25) is 0 Å². The van der Waals surface area contributed by atoms with Crippen LogP contribution in [0, 0.1) is 0 Å². The molecule has 72 valence electrons. The summed E-state index contributed by atoms with van der Waals surface area (Å²) in [6.07, 6.45) is -0.541. The second-order valence-electron chi connectivity index (χ2n) is 3.67. The van der Waals surface area contributed by atoms with Crippen LogP contribution >= 0.6 is 0 Å². The van der Waals surface area contributed by atoms with Crippen LogP contribution in [0.1, 0.15) is 20.3 Å². The molecule has 4 nitrogen and oxygen atoms in total. The van der Waals surface area contributed by atoms with Crippen molar-refractivity contribution in [3.8, 4) is 0 Å². The maximum absolute atomic E-state index is 9.34. The maximum Gasteiger partial charge on any atom is 0.159 e. The van der Waals surface area contributed by atoms with Gasteiger partial charge >= 0.3 is 0 Å². The number of aliphatic hydroxyl groups excluding tert-OH is 1. The molecule has 3 N–H and O–H groups in total. The summed E-state index contributed by atoms with van der Waals surface area (Å²) >= 11 is 0. The first-order chi connectivity index (χ1) is 5.47. The van der Waals surface area contributed by atoms with E-state index in [1.54, 1.807) is 14.0 Å². The minimum Gasteiger partial charge on any atom is -0.391 e. The molecule has 1 fully saturated rings. The zero-order chi connectivity index (χ0) is 9.35. The van der Waals surface area contributed by atoms with E-state index in [1.165, 1.54) is 0 Å². The summed E-state index contributed by atoms with van der Waals surface area (Å²) in [7, 11) is 1.57. The van der Waals surface area contributed by atoms with Crippen LogP contribution in [0.3, 0.4) is 0 Å². The normalized spacial score (nSPS) is 44.8. The lowest BCUT2D eigenvalue weighted by molar-refractivity contribution is -0.139. The molecular formula is C8H17NO3. The molecule has 0 bridgehead atoms. The van der Waals surface area contributed by atoms with Crippen LogP contribution in [0.5, 0.6) is 0 Å². The monoisotopic (exact) mass is 175 g/mol. The molecule has 0 saturated carbocycles. The van der Waals surface area contributed by atoms with E-state index in [1.807, 2.05) is 6.92 Å². The zero-order valence-corrected chi connectivity index (χ0v) is 7.78. The highest BCUT2D eigenvalue weighted by Crippen LogP contribution is 2.30. The topological polar surface area (TPSA) is 64.7 Å². The van der Waals surface area contributed by atoms with Crippen LogP contribution in [0.25, 0.3) is 0 Å². The van der Waals surface area contributed by atoms with Gasteiger partial charge in [0.05, 0.1) is 6.10 Å². The number of ether oxygens (including phenoxy) is 2. The van der Waals surface area contributed by atoms with Crippen molar-refractivity contribution in [1.29, 1.82) is 0 Å². The molecule has 4 unspecified atom stereocenters. The number of methoxy groups -OCH3 is 1. The third-order valence-corrected chi connectivity index (χ3v) is 2.26. The van der Waals surface area contributed by atoms with E-state index in [2.05, 4.69) is 0 Å². The Morgan fingerprint density at radius 2 is 2.33 bits per heavy atom. The summed E-state index contributed by atoms with van der Waals surface area (Å²) in [4.78, 5) is 0. The van der Waals surface area contributed by atoms with Gasteiger partial charge in [-0.05, 0) is 13.8 Å². The van der Waals surface area contributed by atoms with Crippen molar-refractivity contribution in [2.45, 2.75) is 44.3 Å². The molecule has 0 aromatic carbocycles. The summed E-state index contributed by atoms with van der Waals surface area (Å²) in [5.41, 5.74) is 5.43. The van der Waals surface area contributed by atoms with Crippen molar-refractivity contribution in [3.05, 3.63) is 0 Å². The summed E-state index contributed by atoms with van der Waals surface area (Å²) in [6, 6.07) is 0. The summed E-state index contributed by atoms with van der Waals surface area (Å²) in [6.45, 7) is 3.54. The van der Waals surface area contributed by atoms with E-state index in [9.17, 15) is 5.11 Å². The lowest BCUT2D eigenvalue weighted by atomic mass is 9.92. The Labute approximate surface area is 72.6 Å². The Kier molecular flexibility index (Phi) is 2.73. The molecule has 0 aromatic heterocycles. The highest BCUT2D eigenvalue weighted by molar-refractivity contribution is 4.96. The first-order valence-corrected chi connectivity index (χ1v) is 4.12. The van der Waals surface area contributed by atoms with Crippen LogP contribution in [0.15, 0.2) is 0 Å². The minimum absolute atomic E-state index is 0.278. The molecule has 0 spiro atoms. The SMILES string of the molecule is COC1CC(C)(N)C(C(C)O)O1. The fraction of sp³-hybridized carbons (Fsp3) is 1.00. The van der Waals surface area contributed by atoms with E-state index >= 15 is 0 Å². The Hall–Kier alpha value is -0.160. The molecule has 4 heteroatoms. The molecule has 1 saturated heterocycles. The largest absolute Gasteiger partial charge is 0.391 e. The average Bonchev–Trinajstić information content (AvgIpc) is 2.25. The quantitative estimate of drug-likeness (QED) is 0.612. The van der Waals surface area contributed by atoms with Crippen LogP contribution in [-0.2, 0) is 9.47 Å². The summed E-state index contributed by atoms with van der Waals surface area (Å²) in [5, 5.41) is 9.34. The third-order valence-electron chi connectivity index (χ3n) is 2.26. The number of rotatable bonds is 2. The van der Waals surface area contributed by atoms with Gasteiger partial charge in [0.25, 0.3) is 0 Å². The highest BCUT2D eigenvalue weighted by atomic mass is 16.7. The van der Waals surface area contributed by atoms with Gasteiger partial charge in [-0.15, -0.1) is 0 Å². The van der Waals surface area contributed by atoms with Crippen LogP contribution in [-0.4, -0.2) is 36.3 Å². The van der Waals surface area contributed by atoms with Crippen LogP contribution in [0.2, 0.25) is 0 Å². The molecule has 4 atom stereocenters. The lowest BCUT2D eigenvalue weighted by Crippen LogP contribution is -2.49. The average molecular weight is 175 g/mol. The second-order valence-corrected chi connectivity index (χ2v) is 3.67. The van der Waals surface area contributed by atoms with E-state index in [0.29, 0.717) is 6.42 Å². The minimum atomic E-state index is -0.555. The molecule has 1 rings (SSSR count). The number of hydrogen-bond donors (Lipinski definition) is 2. The van der Waals surface area contributed by atoms with Gasteiger partial charge in [0.2, 0.25) is 0 Å². The van der Waals surface area contributed by atoms with Crippen molar-refractivity contribution < 1.29 is 14.6 Å². The smallest absolute Gasteiger partial charge is 0.159 e. The molecule has 1 aliphatic rings. The fourth-order valence-electron chi connectivity index (χ4n) is 1.65. The molecule has 0 aromatic rings. The lowest BCUT2D eigenvalue weighted by Gasteiger charge is -2.26. The third kappa shape index (κ3) is 1.77. The Bertz CT molecular complexity index is 158. The van der Waals surface area contributed by atoms with Gasteiger partial charge in [-0.25, -0.2) is 0 Å². The van der Waals surface area contributed by atoms with Crippen molar-refractivity contribution in [3.63, 3.8) is 0 Å². The first kappa shape index (κ1) is 9.92. The van der Waals surface area contributed by atoms with Crippen molar-refractivity contribution in [1.82, 2.24) is 0 Å². The van der Waals surface area contributed by atoms with Crippen molar-refractivity contribution >= 4 is 0 Å². The number of aliphatic hydroxyl groups is 1. The summed E-state index contributed by atoms with van der Waals surface area (Å²) < 4.78 is 10.4. The maximum atomic E-state index is 9.34. The van der Waals surface area contributed by atoms with Gasteiger partial charge in [-0.2, -0.15) is 0 Å². The Morgan fingerprint density at radius 1 is 1.75 bits per heavy atom. The molecule has 0 radical (unpaired) electrons. The standard InChI is InChI=1S/C8H17NO3/c1-5(10)7-8(2,9)4-6(11-3)12-7/h5-7,10H,4,9H2,1-3H3. The van der Waals surface area contributed by atoms with E-state index < -0.39 is 11.6 Å². The number of hydrogen-bond acceptors (Lipinski definition) is 4. The van der Waals surface area contributed by atoms with Gasteiger partial charge in [0.15, 0.2) is 6.29 Å². The number of nitrogens with two attached hydrogens (primary N) is 1. The van der Waals surface area contributed by atoms with E-state index in [0.717, 1.165) is 0 Å². The predicted octanol–water partition coefficient (Wildman–Crippen LogP) is -0.154. The van der Waals surface area contributed by atoms with Gasteiger partial charge in [0, 0.05) is 19.1 Å². The molecule has 12 heavy (non-hydrogen) atoms. The molecule has 0 amide bonds. The van der Waals surface area contributed by atoms with Crippen LogP contribution in [0.4, 0.5) is 0 Å². The van der Waals surface area contributed by atoms with Crippen LogP contribution < -0.4 is 5.73 Å². The zero-order valence-electron chi connectivity index (χ0n) is 7.78. The van der Waals surface area contributed by atoms with E-state index in [4.69, 9.17) is 15.2 Å². The fourth-order valence-corrected chi connectivity index (χ4v) is 1.65. The molecule has 1 heterocycles. The molecule has 1 aliphatic heterocycles. The highest BCUT2D eigenvalue weighted by Gasteiger charge is 2.44. The van der Waals surface area contributed by atoms with Crippen molar-refractivity contribution in [2.75, 3.05) is 7.11 Å². The second kappa shape index (κ2) is 3.30. The van der Waals surface area contributed by atoms with Gasteiger partial charge in [-0.1, -0.05) is 0 Å². The summed E-state index contributed by atoms with van der Waals surface area (Å²) in [5.74, 6) is 0. The van der Waals surface area contributed by atoms with Gasteiger partial charge in [0.1, 0.15) is 6.10 Å². The predicted molar refractivity (Wildman–Crippen MR) is 44.6 cm³/mol. The Balaban J connectivity index is 2.64. The van der Waals surface area contributed by atoms with Crippen molar-refractivity contribution in [2.24, 2.45) is 5.73 Å². The van der Waals surface area contributed by atoms with E-state index in [-0.39, 0.29) is 12.4 Å². The molecule has 0 aliphatic carbocycles.